The van der Waals surface area contributed by atoms with Crippen molar-refractivity contribution < 1.29 is 31.1 Å². The lowest BCUT2D eigenvalue weighted by Gasteiger charge is -2.10. The number of alkyl halides is 5. The minimum Gasteiger partial charge on any atom is -0.406 e. The summed E-state index contributed by atoms with van der Waals surface area (Å²) in [5.41, 5.74) is -0.200. The lowest BCUT2D eigenvalue weighted by atomic mass is 10.0. The molecule has 0 amide bonds. The van der Waals surface area contributed by atoms with Crippen LogP contribution in [0, 0.1) is 5.82 Å². The SMILES string of the molecule is Fc1cc(C(F)F)ccc1-c1ccc(OC(F)(F)F)cc1. The fourth-order valence-corrected chi connectivity index (χ4v) is 1.74. The molecule has 7 heteroatoms. The zero-order chi connectivity index (χ0) is 15.6. The van der Waals surface area contributed by atoms with Crippen LogP contribution in [0.5, 0.6) is 5.75 Å². The van der Waals surface area contributed by atoms with Gasteiger partial charge in [-0.2, -0.15) is 0 Å². The first-order valence-corrected chi connectivity index (χ1v) is 5.70. The molecule has 0 saturated carbocycles. The minimum absolute atomic E-state index is 0.0120. The third-order valence-corrected chi connectivity index (χ3v) is 2.64. The highest BCUT2D eigenvalue weighted by Crippen LogP contribution is 2.30. The number of hydrogen-bond acceptors (Lipinski definition) is 1. The number of halogens is 6. The van der Waals surface area contributed by atoms with E-state index < -0.39 is 29.9 Å². The van der Waals surface area contributed by atoms with Gasteiger partial charge in [0.15, 0.2) is 0 Å². The number of ether oxygens (including phenoxy) is 1. The van der Waals surface area contributed by atoms with Crippen LogP contribution in [-0.2, 0) is 0 Å². The lowest BCUT2D eigenvalue weighted by Crippen LogP contribution is -2.16. The molecule has 0 atom stereocenters. The quantitative estimate of drug-likeness (QED) is 0.696. The molecule has 2 rings (SSSR count). The Morgan fingerprint density at radius 1 is 0.905 bits per heavy atom. The number of benzene rings is 2. The van der Waals surface area contributed by atoms with Gasteiger partial charge in [-0.3, -0.25) is 0 Å². The average Bonchev–Trinajstić information content (AvgIpc) is 2.38. The Hall–Kier alpha value is -2.18. The standard InChI is InChI=1S/C14H8F6O/c15-12-7-9(13(16)17)3-6-11(12)8-1-4-10(5-2-8)21-14(18,19)20/h1-7,13H. The maximum atomic E-state index is 13.7. The van der Waals surface area contributed by atoms with Gasteiger partial charge in [-0.25, -0.2) is 13.2 Å². The molecule has 0 aliphatic rings. The summed E-state index contributed by atoms with van der Waals surface area (Å²) in [5, 5.41) is 0. The molecule has 0 N–H and O–H groups in total. The highest BCUT2D eigenvalue weighted by Gasteiger charge is 2.31. The molecule has 2 aromatic carbocycles. The minimum atomic E-state index is -4.81. The highest BCUT2D eigenvalue weighted by molar-refractivity contribution is 5.65. The fourth-order valence-electron chi connectivity index (χ4n) is 1.74. The van der Waals surface area contributed by atoms with E-state index in [0.717, 1.165) is 24.3 Å². The van der Waals surface area contributed by atoms with Crippen molar-refractivity contribution in [3.63, 3.8) is 0 Å². The molecule has 0 fully saturated rings. The molecule has 112 valence electrons. The molecule has 21 heavy (non-hydrogen) atoms. The topological polar surface area (TPSA) is 9.23 Å². The van der Waals surface area contributed by atoms with Crippen LogP contribution in [0.2, 0.25) is 0 Å². The molecule has 0 saturated heterocycles. The van der Waals surface area contributed by atoms with Crippen LogP contribution in [0.15, 0.2) is 42.5 Å². The van der Waals surface area contributed by atoms with Crippen molar-refractivity contribution in [1.29, 1.82) is 0 Å². The Balaban J connectivity index is 2.27. The van der Waals surface area contributed by atoms with Crippen molar-refractivity contribution in [3.05, 3.63) is 53.8 Å². The predicted octanol–water partition coefficient (Wildman–Crippen LogP) is 5.33. The van der Waals surface area contributed by atoms with Crippen LogP contribution < -0.4 is 4.74 Å². The maximum Gasteiger partial charge on any atom is 0.573 e. The lowest BCUT2D eigenvalue weighted by molar-refractivity contribution is -0.274. The zero-order valence-corrected chi connectivity index (χ0v) is 10.3. The first kappa shape index (κ1) is 15.2. The molecule has 0 unspecified atom stereocenters. The third kappa shape index (κ3) is 3.90. The van der Waals surface area contributed by atoms with Gasteiger partial charge in [0, 0.05) is 11.1 Å². The number of hydrogen-bond donors (Lipinski definition) is 0. The molecule has 0 spiro atoms. The van der Waals surface area contributed by atoms with Crippen molar-refractivity contribution >= 4 is 0 Å². The first-order chi connectivity index (χ1) is 9.76. The molecule has 1 nitrogen and oxygen atoms in total. The van der Waals surface area contributed by atoms with E-state index in [9.17, 15) is 26.3 Å². The van der Waals surface area contributed by atoms with Gasteiger partial charge in [-0.05, 0) is 23.8 Å². The summed E-state index contributed by atoms with van der Waals surface area (Å²) in [7, 11) is 0. The highest BCUT2D eigenvalue weighted by atomic mass is 19.4. The van der Waals surface area contributed by atoms with Gasteiger partial charge in [-0.15, -0.1) is 13.2 Å². The Kier molecular flexibility index (Phi) is 4.11. The maximum absolute atomic E-state index is 13.7. The van der Waals surface area contributed by atoms with E-state index in [4.69, 9.17) is 0 Å². The summed E-state index contributed by atoms with van der Waals surface area (Å²) < 4.78 is 78.2. The second kappa shape index (κ2) is 5.67. The smallest absolute Gasteiger partial charge is 0.406 e. The zero-order valence-electron chi connectivity index (χ0n) is 10.3. The van der Waals surface area contributed by atoms with Crippen molar-refractivity contribution in [2.45, 2.75) is 12.8 Å². The van der Waals surface area contributed by atoms with Gasteiger partial charge in [0.2, 0.25) is 0 Å². The van der Waals surface area contributed by atoms with Crippen molar-refractivity contribution in [2.24, 2.45) is 0 Å². The monoisotopic (exact) mass is 306 g/mol. The summed E-state index contributed by atoms with van der Waals surface area (Å²) in [4.78, 5) is 0. The van der Waals surface area contributed by atoms with Crippen LogP contribution in [-0.4, -0.2) is 6.36 Å². The van der Waals surface area contributed by atoms with Crippen molar-refractivity contribution in [2.75, 3.05) is 0 Å². The fraction of sp³-hybridized carbons (Fsp3) is 0.143. The largest absolute Gasteiger partial charge is 0.573 e. The molecular weight excluding hydrogens is 298 g/mol. The second-order valence-corrected chi connectivity index (χ2v) is 4.11. The summed E-state index contributed by atoms with van der Waals surface area (Å²) in [5.74, 6) is -1.33. The summed E-state index contributed by atoms with van der Waals surface area (Å²) in [6.45, 7) is 0. The van der Waals surface area contributed by atoms with Crippen LogP contribution >= 0.6 is 0 Å². The Morgan fingerprint density at radius 2 is 1.52 bits per heavy atom. The predicted molar refractivity (Wildman–Crippen MR) is 63.5 cm³/mol. The molecule has 0 aliphatic heterocycles. The third-order valence-electron chi connectivity index (χ3n) is 2.64. The van der Waals surface area contributed by atoms with E-state index in [2.05, 4.69) is 4.74 Å². The summed E-state index contributed by atoms with van der Waals surface area (Å²) in [6, 6.07) is 7.36. The molecule has 0 heterocycles. The van der Waals surface area contributed by atoms with E-state index >= 15 is 0 Å². The van der Waals surface area contributed by atoms with Gasteiger partial charge in [0.05, 0.1) is 0 Å². The van der Waals surface area contributed by atoms with E-state index in [-0.39, 0.29) is 11.1 Å². The molecule has 2 aromatic rings. The van der Waals surface area contributed by atoms with Gasteiger partial charge in [0.25, 0.3) is 6.43 Å². The molecule has 0 bridgehead atoms. The van der Waals surface area contributed by atoms with Crippen molar-refractivity contribution in [1.82, 2.24) is 0 Å². The van der Waals surface area contributed by atoms with Gasteiger partial charge in [-0.1, -0.05) is 24.3 Å². The number of rotatable bonds is 3. The van der Waals surface area contributed by atoms with Crippen LogP contribution in [0.25, 0.3) is 11.1 Å². The van der Waals surface area contributed by atoms with E-state index in [0.29, 0.717) is 6.07 Å². The van der Waals surface area contributed by atoms with E-state index in [1.807, 2.05) is 0 Å². The molecular formula is C14H8F6O. The van der Waals surface area contributed by atoms with Crippen molar-refractivity contribution in [3.8, 4) is 16.9 Å². The average molecular weight is 306 g/mol. The summed E-state index contributed by atoms with van der Waals surface area (Å²) >= 11 is 0. The molecule has 0 aromatic heterocycles. The Labute approximate surface area is 115 Å². The Bertz CT molecular complexity index is 618. The molecule has 0 aliphatic carbocycles. The van der Waals surface area contributed by atoms with E-state index in [1.54, 1.807) is 0 Å². The van der Waals surface area contributed by atoms with Gasteiger partial charge < -0.3 is 4.74 Å². The Morgan fingerprint density at radius 3 is 2.00 bits per heavy atom. The second-order valence-electron chi connectivity index (χ2n) is 4.11. The van der Waals surface area contributed by atoms with Crippen LogP contribution in [0.3, 0.4) is 0 Å². The van der Waals surface area contributed by atoms with Gasteiger partial charge in [0.1, 0.15) is 11.6 Å². The summed E-state index contributed by atoms with van der Waals surface area (Å²) in [6.07, 6.45) is -7.61. The van der Waals surface area contributed by atoms with Crippen LogP contribution in [0.4, 0.5) is 26.3 Å². The van der Waals surface area contributed by atoms with Crippen LogP contribution in [0.1, 0.15) is 12.0 Å². The van der Waals surface area contributed by atoms with Gasteiger partial charge >= 0.3 is 6.36 Å². The normalized spacial score (nSPS) is 11.8. The molecule has 0 radical (unpaired) electrons. The van der Waals surface area contributed by atoms with E-state index in [1.165, 1.54) is 12.1 Å². The first-order valence-electron chi connectivity index (χ1n) is 5.70.